The van der Waals surface area contributed by atoms with Gasteiger partial charge in [-0.05, 0) is 42.0 Å². The van der Waals surface area contributed by atoms with Crippen molar-refractivity contribution in [1.82, 2.24) is 0 Å². The molecule has 0 aromatic heterocycles. The molecule has 7 nitrogen and oxygen atoms in total. The lowest BCUT2D eigenvalue weighted by Gasteiger charge is -2.01. The number of nitrogens with zero attached hydrogens (tertiary/aromatic N) is 2. The monoisotopic (exact) mass is 297 g/mol. The number of carbonyl (C=O) groups is 2. The fourth-order valence-corrected chi connectivity index (χ4v) is 1.75. The van der Waals surface area contributed by atoms with Crippen LogP contribution in [0.1, 0.15) is 5.56 Å². The molecule has 5 N–H and O–H groups in total. The molecule has 0 radical (unpaired) electrons. The first-order valence-corrected chi connectivity index (χ1v) is 6.48. The maximum absolute atomic E-state index is 10.8. The Hall–Kier alpha value is -3.22. The van der Waals surface area contributed by atoms with E-state index < -0.39 is 6.03 Å². The van der Waals surface area contributed by atoms with Gasteiger partial charge in [0.25, 0.3) is 0 Å². The highest BCUT2D eigenvalue weighted by atomic mass is 16.2. The molecule has 0 fully saturated rings. The average Bonchev–Trinajstić information content (AvgIpc) is 2.47. The number of nitrogens with one attached hydrogen (secondary N) is 1. The minimum atomic E-state index is -0.620. The minimum Gasteiger partial charge on any atom is -0.369 e. The number of amides is 3. The molecule has 2 rings (SSSR count). The number of rotatable bonds is 5. The molecule has 0 aliphatic rings. The number of azo groups is 1. The fraction of sp³-hybridized carbons (Fsp3) is 0.0667. The Labute approximate surface area is 127 Å². The standard InChI is InChI=1S/C15H15N5O2/c16-14(21)9-10-1-3-12(4-2-10)19-20-13-7-5-11(6-8-13)18-15(17)22/h1-8H,9H2,(H2,16,21)(H3,17,18,22). The van der Waals surface area contributed by atoms with Crippen LogP contribution in [0.3, 0.4) is 0 Å². The van der Waals surface area contributed by atoms with Crippen LogP contribution in [0.4, 0.5) is 21.9 Å². The van der Waals surface area contributed by atoms with Crippen LogP contribution < -0.4 is 16.8 Å². The van der Waals surface area contributed by atoms with Crippen LogP contribution in [-0.2, 0) is 11.2 Å². The number of carbonyl (C=O) groups excluding carboxylic acids is 2. The van der Waals surface area contributed by atoms with E-state index >= 15 is 0 Å². The van der Waals surface area contributed by atoms with Gasteiger partial charge in [0.2, 0.25) is 5.91 Å². The van der Waals surface area contributed by atoms with Gasteiger partial charge in [-0.3, -0.25) is 4.79 Å². The van der Waals surface area contributed by atoms with Gasteiger partial charge in [0.1, 0.15) is 0 Å². The van der Waals surface area contributed by atoms with Gasteiger partial charge in [0.15, 0.2) is 0 Å². The largest absolute Gasteiger partial charge is 0.369 e. The van der Waals surface area contributed by atoms with E-state index in [0.29, 0.717) is 17.1 Å². The van der Waals surface area contributed by atoms with Gasteiger partial charge in [-0.25, -0.2) is 4.79 Å². The summed E-state index contributed by atoms with van der Waals surface area (Å²) in [5.41, 5.74) is 12.9. The molecule has 0 unspecified atom stereocenters. The van der Waals surface area contributed by atoms with Gasteiger partial charge in [0, 0.05) is 5.69 Å². The summed E-state index contributed by atoms with van der Waals surface area (Å²) in [6.07, 6.45) is 0.200. The summed E-state index contributed by atoms with van der Waals surface area (Å²) >= 11 is 0. The van der Waals surface area contributed by atoms with Gasteiger partial charge in [-0.1, -0.05) is 12.1 Å². The van der Waals surface area contributed by atoms with Gasteiger partial charge < -0.3 is 16.8 Å². The van der Waals surface area contributed by atoms with E-state index in [1.165, 1.54) is 0 Å². The van der Waals surface area contributed by atoms with E-state index in [2.05, 4.69) is 15.5 Å². The van der Waals surface area contributed by atoms with Gasteiger partial charge in [0.05, 0.1) is 17.8 Å². The highest BCUT2D eigenvalue weighted by molar-refractivity contribution is 5.87. The third-order valence-electron chi connectivity index (χ3n) is 2.73. The predicted octanol–water partition coefficient (Wildman–Crippen LogP) is 2.62. The van der Waals surface area contributed by atoms with Crippen molar-refractivity contribution in [3.8, 4) is 0 Å². The molecular weight excluding hydrogens is 282 g/mol. The Morgan fingerprint density at radius 1 is 0.864 bits per heavy atom. The Balaban J connectivity index is 2.01. The van der Waals surface area contributed by atoms with Crippen LogP contribution in [-0.4, -0.2) is 11.9 Å². The molecule has 0 saturated heterocycles. The molecule has 22 heavy (non-hydrogen) atoms. The summed E-state index contributed by atoms with van der Waals surface area (Å²) < 4.78 is 0. The molecule has 0 saturated carbocycles. The molecule has 0 bridgehead atoms. The smallest absolute Gasteiger partial charge is 0.316 e. The lowest BCUT2D eigenvalue weighted by molar-refractivity contribution is -0.117. The first-order chi connectivity index (χ1) is 10.5. The van der Waals surface area contributed by atoms with E-state index in [9.17, 15) is 9.59 Å². The van der Waals surface area contributed by atoms with Crippen molar-refractivity contribution in [2.24, 2.45) is 21.7 Å². The van der Waals surface area contributed by atoms with Crippen LogP contribution in [0.5, 0.6) is 0 Å². The van der Waals surface area contributed by atoms with E-state index in [0.717, 1.165) is 5.56 Å². The molecule has 7 heteroatoms. The Kier molecular flexibility index (Phi) is 4.81. The molecular formula is C15H15N5O2. The number of nitrogens with two attached hydrogens (primary N) is 2. The Morgan fingerprint density at radius 3 is 1.82 bits per heavy atom. The summed E-state index contributed by atoms with van der Waals surface area (Å²) in [5.74, 6) is -0.376. The second-order valence-electron chi connectivity index (χ2n) is 4.55. The van der Waals surface area contributed by atoms with Crippen LogP contribution in [0, 0.1) is 0 Å². The normalized spacial score (nSPS) is 10.5. The summed E-state index contributed by atoms with van der Waals surface area (Å²) in [5, 5.41) is 10.6. The lowest BCUT2D eigenvalue weighted by atomic mass is 10.1. The van der Waals surface area contributed by atoms with Crippen LogP contribution >= 0.6 is 0 Å². The van der Waals surface area contributed by atoms with Crippen molar-refractivity contribution in [2.45, 2.75) is 6.42 Å². The quantitative estimate of drug-likeness (QED) is 0.734. The number of hydrogen-bond donors (Lipinski definition) is 3. The summed E-state index contributed by atoms with van der Waals surface area (Å²) in [4.78, 5) is 21.5. The van der Waals surface area contributed by atoms with Gasteiger partial charge in [-0.2, -0.15) is 10.2 Å². The molecule has 0 spiro atoms. The van der Waals surface area contributed by atoms with Crippen molar-refractivity contribution in [2.75, 3.05) is 5.32 Å². The zero-order chi connectivity index (χ0) is 15.9. The van der Waals surface area contributed by atoms with Crippen molar-refractivity contribution < 1.29 is 9.59 Å². The summed E-state index contributed by atoms with van der Waals surface area (Å²) in [6.45, 7) is 0. The van der Waals surface area contributed by atoms with Crippen molar-refractivity contribution >= 4 is 29.0 Å². The Bertz CT molecular complexity index is 631. The van der Waals surface area contributed by atoms with E-state index in [-0.39, 0.29) is 12.3 Å². The maximum Gasteiger partial charge on any atom is 0.316 e. The highest BCUT2D eigenvalue weighted by Crippen LogP contribution is 2.20. The fourth-order valence-electron chi connectivity index (χ4n) is 1.75. The van der Waals surface area contributed by atoms with Crippen LogP contribution in [0.2, 0.25) is 0 Å². The van der Waals surface area contributed by atoms with E-state index in [4.69, 9.17) is 11.5 Å². The van der Waals surface area contributed by atoms with E-state index in [1.54, 1.807) is 48.5 Å². The van der Waals surface area contributed by atoms with Gasteiger partial charge in [-0.15, -0.1) is 0 Å². The number of primary amides is 2. The molecule has 112 valence electrons. The summed E-state index contributed by atoms with van der Waals surface area (Å²) in [6, 6.07) is 13.2. The SMILES string of the molecule is NC(=O)Cc1ccc(N=Nc2ccc(NC(N)=O)cc2)cc1. The molecule has 2 aromatic carbocycles. The topological polar surface area (TPSA) is 123 Å². The molecule has 0 aliphatic heterocycles. The highest BCUT2D eigenvalue weighted by Gasteiger charge is 1.99. The molecule has 0 aliphatic carbocycles. The third kappa shape index (κ3) is 4.71. The Morgan fingerprint density at radius 2 is 1.36 bits per heavy atom. The average molecular weight is 297 g/mol. The first-order valence-electron chi connectivity index (χ1n) is 6.48. The minimum absolute atomic E-state index is 0.200. The zero-order valence-electron chi connectivity index (χ0n) is 11.7. The lowest BCUT2D eigenvalue weighted by Crippen LogP contribution is -2.18. The predicted molar refractivity (Wildman–Crippen MR) is 83.2 cm³/mol. The number of hydrogen-bond acceptors (Lipinski definition) is 4. The second-order valence-corrected chi connectivity index (χ2v) is 4.55. The summed E-state index contributed by atoms with van der Waals surface area (Å²) in [7, 11) is 0. The van der Waals surface area contributed by atoms with Crippen LogP contribution in [0.25, 0.3) is 0 Å². The first kappa shape index (κ1) is 15.2. The van der Waals surface area contributed by atoms with E-state index in [1.807, 2.05) is 0 Å². The second kappa shape index (κ2) is 6.98. The van der Waals surface area contributed by atoms with Crippen molar-refractivity contribution in [1.29, 1.82) is 0 Å². The molecule has 2 aromatic rings. The van der Waals surface area contributed by atoms with Crippen molar-refractivity contribution in [3.63, 3.8) is 0 Å². The number of benzene rings is 2. The number of anilines is 1. The van der Waals surface area contributed by atoms with Crippen LogP contribution in [0.15, 0.2) is 58.8 Å². The zero-order valence-corrected chi connectivity index (χ0v) is 11.7. The molecule has 0 heterocycles. The third-order valence-corrected chi connectivity index (χ3v) is 2.73. The van der Waals surface area contributed by atoms with Gasteiger partial charge >= 0.3 is 6.03 Å². The maximum atomic E-state index is 10.8. The number of urea groups is 1. The van der Waals surface area contributed by atoms with Crippen molar-refractivity contribution in [3.05, 3.63) is 54.1 Å². The molecule has 3 amide bonds. The molecule has 0 atom stereocenters.